The second-order valence-corrected chi connectivity index (χ2v) is 6.82. The molecule has 5 nitrogen and oxygen atoms in total. The molecule has 1 aromatic heterocycles. The highest BCUT2D eigenvalue weighted by atomic mass is 32.2. The molecule has 3 N–H and O–H groups in total. The minimum absolute atomic E-state index is 0.0883. The van der Waals surface area contributed by atoms with Crippen LogP contribution in [0.5, 0.6) is 0 Å². The van der Waals surface area contributed by atoms with E-state index in [0.29, 0.717) is 17.2 Å². The van der Waals surface area contributed by atoms with Crippen LogP contribution < -0.4 is 16.0 Å². The molecule has 1 amide bonds. The average molecular weight is 314 g/mol. The minimum atomic E-state index is -0.0883. The van der Waals surface area contributed by atoms with Crippen molar-refractivity contribution in [2.75, 3.05) is 42.3 Å². The molecule has 0 aliphatic carbocycles. The van der Waals surface area contributed by atoms with E-state index in [1.807, 2.05) is 11.8 Å². The Balaban J connectivity index is 1.86. The smallest absolute Gasteiger partial charge is 0.265 e. The molecule has 0 radical (unpaired) electrons. The van der Waals surface area contributed by atoms with Crippen molar-refractivity contribution < 1.29 is 4.79 Å². The largest absolute Gasteiger partial charge is 0.382 e. The van der Waals surface area contributed by atoms with E-state index in [-0.39, 0.29) is 5.91 Å². The number of hydrogen-bond acceptors (Lipinski definition) is 6. The van der Waals surface area contributed by atoms with Crippen LogP contribution in [0.15, 0.2) is 0 Å². The molecule has 1 aromatic rings. The number of anilines is 2. The molecule has 0 saturated carbocycles. The number of nitrogens with zero attached hydrogens (tertiary/aromatic N) is 2. The van der Waals surface area contributed by atoms with Crippen molar-refractivity contribution in [3.8, 4) is 0 Å². The number of rotatable bonds is 7. The Morgan fingerprint density at radius 1 is 1.45 bits per heavy atom. The van der Waals surface area contributed by atoms with Gasteiger partial charge in [0.15, 0.2) is 5.13 Å². The molecule has 0 spiro atoms. The van der Waals surface area contributed by atoms with Gasteiger partial charge in [-0.3, -0.25) is 4.79 Å². The van der Waals surface area contributed by atoms with Crippen LogP contribution in [0.25, 0.3) is 0 Å². The Hall–Kier alpha value is -0.950. The Labute approximate surface area is 128 Å². The molecular weight excluding hydrogens is 292 g/mol. The fraction of sp³-hybridized carbons (Fsp3) is 0.692. The lowest BCUT2D eigenvalue weighted by atomic mass is 10.3. The van der Waals surface area contributed by atoms with E-state index in [4.69, 9.17) is 5.73 Å². The lowest BCUT2D eigenvalue weighted by Crippen LogP contribution is -2.24. The van der Waals surface area contributed by atoms with Crippen molar-refractivity contribution in [2.24, 2.45) is 0 Å². The molecule has 0 unspecified atom stereocenters. The molecule has 20 heavy (non-hydrogen) atoms. The van der Waals surface area contributed by atoms with Crippen molar-refractivity contribution >= 4 is 40.0 Å². The number of nitrogen functional groups attached to an aromatic ring is 1. The molecule has 1 fully saturated rings. The van der Waals surface area contributed by atoms with Crippen LogP contribution in [0.4, 0.5) is 10.9 Å². The zero-order valence-electron chi connectivity index (χ0n) is 11.9. The third kappa shape index (κ3) is 4.02. The molecule has 1 saturated heterocycles. The summed E-state index contributed by atoms with van der Waals surface area (Å²) in [4.78, 5) is 19.2. The Morgan fingerprint density at radius 3 is 2.90 bits per heavy atom. The van der Waals surface area contributed by atoms with Gasteiger partial charge in [0.25, 0.3) is 5.91 Å². The molecule has 1 aliphatic heterocycles. The highest BCUT2D eigenvalue weighted by molar-refractivity contribution is 7.98. The lowest BCUT2D eigenvalue weighted by molar-refractivity contribution is 0.0958. The van der Waals surface area contributed by atoms with Gasteiger partial charge in [0, 0.05) is 19.6 Å². The molecule has 2 heterocycles. The third-order valence-electron chi connectivity index (χ3n) is 3.29. The summed E-state index contributed by atoms with van der Waals surface area (Å²) in [5.74, 6) is 1.41. The molecule has 0 aromatic carbocycles. The van der Waals surface area contributed by atoms with Crippen LogP contribution in [0.3, 0.4) is 0 Å². The number of thiazole rings is 1. The maximum absolute atomic E-state index is 12.1. The zero-order valence-corrected chi connectivity index (χ0v) is 13.5. The van der Waals surface area contributed by atoms with Crippen molar-refractivity contribution in [3.63, 3.8) is 0 Å². The zero-order chi connectivity index (χ0) is 14.4. The summed E-state index contributed by atoms with van der Waals surface area (Å²) in [6, 6.07) is 0. The summed E-state index contributed by atoms with van der Waals surface area (Å²) in [5, 5.41) is 3.81. The van der Waals surface area contributed by atoms with E-state index in [9.17, 15) is 4.79 Å². The van der Waals surface area contributed by atoms with Crippen molar-refractivity contribution in [3.05, 3.63) is 4.88 Å². The summed E-state index contributed by atoms with van der Waals surface area (Å²) < 4.78 is 0. The van der Waals surface area contributed by atoms with Gasteiger partial charge in [-0.25, -0.2) is 4.98 Å². The Kier molecular flexibility index (Phi) is 5.97. The van der Waals surface area contributed by atoms with E-state index in [1.54, 1.807) is 0 Å². The van der Waals surface area contributed by atoms with Crippen LogP contribution in [-0.4, -0.2) is 42.5 Å². The third-order valence-corrected chi connectivity index (χ3v) is 5.11. The topological polar surface area (TPSA) is 71.2 Å². The SMILES string of the molecule is CSCCCCNC(=O)c1sc(N2CCCC2)nc1N. The quantitative estimate of drug-likeness (QED) is 0.755. The predicted octanol–water partition coefficient (Wildman–Crippen LogP) is 2.20. The molecule has 0 atom stereocenters. The molecule has 7 heteroatoms. The number of thioether (sulfide) groups is 1. The van der Waals surface area contributed by atoms with Crippen LogP contribution in [-0.2, 0) is 0 Å². The summed E-state index contributed by atoms with van der Waals surface area (Å²) in [6.45, 7) is 2.74. The molecule has 0 bridgehead atoms. The molecular formula is C13H22N4OS2. The van der Waals surface area contributed by atoms with Gasteiger partial charge in [-0.2, -0.15) is 11.8 Å². The number of aromatic nitrogens is 1. The number of carbonyl (C=O) groups excluding carboxylic acids is 1. The Bertz CT molecular complexity index is 444. The van der Waals surface area contributed by atoms with Gasteiger partial charge >= 0.3 is 0 Å². The highest BCUT2D eigenvalue weighted by Gasteiger charge is 2.21. The number of unbranched alkanes of at least 4 members (excludes halogenated alkanes) is 1. The van der Waals surface area contributed by atoms with Crippen LogP contribution in [0.1, 0.15) is 35.4 Å². The Morgan fingerprint density at radius 2 is 2.20 bits per heavy atom. The highest BCUT2D eigenvalue weighted by Crippen LogP contribution is 2.30. The molecule has 112 valence electrons. The van der Waals surface area contributed by atoms with E-state index in [2.05, 4.69) is 21.5 Å². The van der Waals surface area contributed by atoms with Gasteiger partial charge < -0.3 is 16.0 Å². The first-order valence-electron chi connectivity index (χ1n) is 7.00. The van der Waals surface area contributed by atoms with Crippen molar-refractivity contribution in [1.82, 2.24) is 10.3 Å². The van der Waals surface area contributed by atoms with Gasteiger partial charge in [0.05, 0.1) is 0 Å². The van der Waals surface area contributed by atoms with Gasteiger partial charge in [-0.15, -0.1) is 0 Å². The summed E-state index contributed by atoms with van der Waals surface area (Å²) in [6.07, 6.45) is 6.60. The number of hydrogen-bond donors (Lipinski definition) is 2. The summed E-state index contributed by atoms with van der Waals surface area (Å²) in [5.41, 5.74) is 5.87. The van der Waals surface area contributed by atoms with Crippen molar-refractivity contribution in [1.29, 1.82) is 0 Å². The first-order chi connectivity index (χ1) is 9.72. The minimum Gasteiger partial charge on any atom is -0.382 e. The van der Waals surface area contributed by atoms with Crippen LogP contribution in [0.2, 0.25) is 0 Å². The predicted molar refractivity (Wildman–Crippen MR) is 87.9 cm³/mol. The monoisotopic (exact) mass is 314 g/mol. The summed E-state index contributed by atoms with van der Waals surface area (Å²) >= 11 is 3.24. The maximum atomic E-state index is 12.1. The maximum Gasteiger partial charge on any atom is 0.265 e. The van der Waals surface area contributed by atoms with Crippen molar-refractivity contribution in [2.45, 2.75) is 25.7 Å². The number of amides is 1. The first-order valence-corrected chi connectivity index (χ1v) is 9.22. The lowest BCUT2D eigenvalue weighted by Gasteiger charge is -2.11. The standard InChI is InChI=1S/C13H22N4OS2/c1-19-9-5-2-6-15-12(18)10-11(14)16-13(20-10)17-7-3-4-8-17/h2-9,14H2,1H3,(H,15,18). The van der Waals surface area contributed by atoms with E-state index in [1.165, 1.54) is 24.2 Å². The number of nitrogens with one attached hydrogen (secondary N) is 1. The van der Waals surface area contributed by atoms with E-state index >= 15 is 0 Å². The number of carbonyl (C=O) groups is 1. The van der Waals surface area contributed by atoms with E-state index in [0.717, 1.165) is 36.8 Å². The van der Waals surface area contributed by atoms with Gasteiger partial charge in [-0.1, -0.05) is 11.3 Å². The average Bonchev–Trinajstić information content (AvgIpc) is 3.07. The van der Waals surface area contributed by atoms with Crippen LogP contribution >= 0.6 is 23.1 Å². The fourth-order valence-corrected chi connectivity index (χ4v) is 3.63. The molecule has 1 aliphatic rings. The fourth-order valence-electron chi connectivity index (χ4n) is 2.18. The van der Waals surface area contributed by atoms with Gasteiger partial charge in [0.2, 0.25) is 0 Å². The van der Waals surface area contributed by atoms with Gasteiger partial charge in [-0.05, 0) is 37.7 Å². The van der Waals surface area contributed by atoms with E-state index < -0.39 is 0 Å². The normalized spacial score (nSPS) is 14.8. The second-order valence-electron chi connectivity index (χ2n) is 4.86. The summed E-state index contributed by atoms with van der Waals surface area (Å²) in [7, 11) is 0. The second kappa shape index (κ2) is 7.73. The molecule has 2 rings (SSSR count). The van der Waals surface area contributed by atoms with Gasteiger partial charge in [0.1, 0.15) is 10.7 Å². The van der Waals surface area contributed by atoms with Crippen LogP contribution in [0, 0.1) is 0 Å². The number of nitrogens with two attached hydrogens (primary N) is 1. The first kappa shape index (κ1) is 15.4.